The Morgan fingerprint density at radius 3 is 2.73 bits per heavy atom. The lowest BCUT2D eigenvalue weighted by Crippen LogP contribution is -2.34. The lowest BCUT2D eigenvalue weighted by Gasteiger charge is -2.25. The van der Waals surface area contributed by atoms with Gasteiger partial charge in [-0.25, -0.2) is 4.98 Å². The molecule has 0 radical (unpaired) electrons. The van der Waals surface area contributed by atoms with Crippen LogP contribution in [0, 0.1) is 18.8 Å². The lowest BCUT2D eigenvalue weighted by atomic mass is 10.1. The molecule has 1 aromatic heterocycles. The minimum atomic E-state index is 0.413. The van der Waals surface area contributed by atoms with Crippen molar-refractivity contribution in [3.63, 3.8) is 0 Å². The SMILES string of the molecule is CNc1cc(C)nc(Nc2ccc(OC)c(OC[C@@H]3CCN(C4(C)CC4C)C3)c2)n1. The van der Waals surface area contributed by atoms with E-state index >= 15 is 0 Å². The number of ether oxygens (including phenoxy) is 2. The summed E-state index contributed by atoms with van der Waals surface area (Å²) in [5.41, 5.74) is 2.17. The third kappa shape index (κ3) is 4.31. The van der Waals surface area contributed by atoms with Crippen molar-refractivity contribution < 1.29 is 9.47 Å². The van der Waals surface area contributed by atoms with Gasteiger partial charge >= 0.3 is 0 Å². The molecule has 2 N–H and O–H groups in total. The third-order valence-electron chi connectivity index (χ3n) is 6.63. The largest absolute Gasteiger partial charge is 0.493 e. The molecular weight excluding hydrogens is 378 g/mol. The highest BCUT2D eigenvalue weighted by Gasteiger charge is 2.52. The van der Waals surface area contributed by atoms with E-state index in [0.717, 1.165) is 41.2 Å². The predicted octanol–water partition coefficient (Wildman–Crippen LogP) is 4.08. The molecule has 7 heteroatoms. The number of nitrogens with one attached hydrogen (secondary N) is 2. The Balaban J connectivity index is 1.41. The molecule has 1 aliphatic carbocycles. The smallest absolute Gasteiger partial charge is 0.229 e. The molecule has 2 heterocycles. The second-order valence-electron chi connectivity index (χ2n) is 8.83. The van der Waals surface area contributed by atoms with E-state index in [0.29, 0.717) is 24.0 Å². The summed E-state index contributed by atoms with van der Waals surface area (Å²) in [7, 11) is 3.52. The number of anilines is 3. The highest BCUT2D eigenvalue weighted by atomic mass is 16.5. The molecule has 1 aromatic carbocycles. The van der Waals surface area contributed by atoms with Crippen molar-refractivity contribution in [1.29, 1.82) is 0 Å². The molecule has 0 bridgehead atoms. The molecule has 0 spiro atoms. The normalized spacial score (nSPS) is 25.8. The van der Waals surface area contributed by atoms with E-state index in [1.165, 1.54) is 19.4 Å². The minimum Gasteiger partial charge on any atom is -0.493 e. The fourth-order valence-corrected chi connectivity index (χ4v) is 4.39. The van der Waals surface area contributed by atoms with Gasteiger partial charge in [-0.3, -0.25) is 4.90 Å². The Bertz CT molecular complexity index is 905. The quantitative estimate of drug-likeness (QED) is 0.678. The topological polar surface area (TPSA) is 71.5 Å². The van der Waals surface area contributed by atoms with E-state index in [2.05, 4.69) is 39.3 Å². The average molecular weight is 412 g/mol. The van der Waals surface area contributed by atoms with Crippen molar-refractivity contribution in [2.75, 3.05) is 44.5 Å². The zero-order valence-corrected chi connectivity index (χ0v) is 18.7. The average Bonchev–Trinajstić information content (AvgIpc) is 3.13. The second-order valence-corrected chi connectivity index (χ2v) is 8.83. The van der Waals surface area contributed by atoms with Crippen LogP contribution in [-0.2, 0) is 0 Å². The summed E-state index contributed by atoms with van der Waals surface area (Å²) in [4.78, 5) is 11.6. The monoisotopic (exact) mass is 411 g/mol. The van der Waals surface area contributed by atoms with Gasteiger partial charge in [-0.15, -0.1) is 0 Å². The standard InChI is InChI=1S/C23H33N5O2/c1-15-12-23(15,3)28-9-8-17(13-28)14-30-20-11-18(6-7-19(20)29-5)26-22-25-16(2)10-21(24-4)27-22/h6-7,10-11,15,17H,8-9,12-14H2,1-5H3,(H2,24,25,26,27)/t15?,17-,23?/m1/s1. The number of likely N-dealkylation sites (tertiary alicyclic amines) is 1. The molecule has 0 amide bonds. The third-order valence-corrected chi connectivity index (χ3v) is 6.63. The van der Waals surface area contributed by atoms with Gasteiger partial charge in [0.2, 0.25) is 5.95 Å². The first-order valence-corrected chi connectivity index (χ1v) is 10.8. The first-order chi connectivity index (χ1) is 14.4. The van der Waals surface area contributed by atoms with Gasteiger partial charge in [0.05, 0.1) is 13.7 Å². The Hall–Kier alpha value is -2.54. The summed E-state index contributed by atoms with van der Waals surface area (Å²) in [6, 6.07) is 7.73. The molecule has 2 aromatic rings. The fourth-order valence-electron chi connectivity index (χ4n) is 4.39. The van der Waals surface area contributed by atoms with Gasteiger partial charge in [0, 0.05) is 48.6 Å². The van der Waals surface area contributed by atoms with Gasteiger partial charge < -0.3 is 20.1 Å². The van der Waals surface area contributed by atoms with E-state index < -0.39 is 0 Å². The van der Waals surface area contributed by atoms with Crippen molar-refractivity contribution in [2.45, 2.75) is 39.2 Å². The molecule has 1 saturated heterocycles. The minimum absolute atomic E-state index is 0.413. The molecule has 1 aliphatic heterocycles. The molecule has 3 atom stereocenters. The number of nitrogens with zero attached hydrogens (tertiary/aromatic N) is 3. The highest BCUT2D eigenvalue weighted by Crippen LogP contribution is 2.49. The van der Waals surface area contributed by atoms with Crippen LogP contribution in [0.4, 0.5) is 17.5 Å². The zero-order chi connectivity index (χ0) is 21.3. The number of aromatic nitrogens is 2. The summed E-state index contributed by atoms with van der Waals surface area (Å²) in [6.45, 7) is 9.68. The maximum absolute atomic E-state index is 6.22. The van der Waals surface area contributed by atoms with Crippen LogP contribution in [0.25, 0.3) is 0 Å². The van der Waals surface area contributed by atoms with E-state index in [-0.39, 0.29) is 0 Å². The van der Waals surface area contributed by atoms with Crippen LogP contribution >= 0.6 is 0 Å². The van der Waals surface area contributed by atoms with Gasteiger partial charge in [-0.1, -0.05) is 6.92 Å². The van der Waals surface area contributed by atoms with Crippen molar-refractivity contribution >= 4 is 17.5 Å². The summed E-state index contributed by atoms with van der Waals surface area (Å²) < 4.78 is 11.7. The van der Waals surface area contributed by atoms with Crippen LogP contribution in [0.3, 0.4) is 0 Å². The van der Waals surface area contributed by atoms with Crippen molar-refractivity contribution in [1.82, 2.24) is 14.9 Å². The Kier molecular flexibility index (Phi) is 5.73. The molecule has 7 nitrogen and oxygen atoms in total. The number of hydrogen-bond donors (Lipinski definition) is 2. The molecule has 1 saturated carbocycles. The summed E-state index contributed by atoms with van der Waals surface area (Å²) >= 11 is 0. The number of aryl methyl sites for hydroxylation is 1. The van der Waals surface area contributed by atoms with E-state index in [1.54, 1.807) is 7.11 Å². The highest BCUT2D eigenvalue weighted by molar-refractivity contribution is 5.60. The van der Waals surface area contributed by atoms with E-state index in [4.69, 9.17) is 9.47 Å². The maximum atomic E-state index is 6.22. The molecule has 4 rings (SSSR count). The van der Waals surface area contributed by atoms with Crippen molar-refractivity contribution in [2.24, 2.45) is 11.8 Å². The molecule has 2 fully saturated rings. The Morgan fingerprint density at radius 2 is 2.03 bits per heavy atom. The number of benzene rings is 1. The van der Waals surface area contributed by atoms with Crippen LogP contribution in [-0.4, -0.2) is 54.3 Å². The number of rotatable bonds is 8. The van der Waals surface area contributed by atoms with Crippen molar-refractivity contribution in [3.05, 3.63) is 30.0 Å². The molecule has 2 aliphatic rings. The van der Waals surface area contributed by atoms with Gasteiger partial charge in [-0.2, -0.15) is 4.98 Å². The van der Waals surface area contributed by atoms with Gasteiger partial charge in [-0.05, 0) is 51.3 Å². The van der Waals surface area contributed by atoms with E-state index in [1.807, 2.05) is 38.2 Å². The summed E-state index contributed by atoms with van der Waals surface area (Å²) in [6.07, 6.45) is 2.50. The molecule has 30 heavy (non-hydrogen) atoms. The zero-order valence-electron chi connectivity index (χ0n) is 18.7. The van der Waals surface area contributed by atoms with Gasteiger partial charge in [0.25, 0.3) is 0 Å². The Morgan fingerprint density at radius 1 is 1.23 bits per heavy atom. The number of methoxy groups -OCH3 is 1. The Labute approximate surface area is 179 Å². The van der Waals surface area contributed by atoms with Crippen molar-refractivity contribution in [3.8, 4) is 11.5 Å². The van der Waals surface area contributed by atoms with Gasteiger partial charge in [0.15, 0.2) is 11.5 Å². The van der Waals surface area contributed by atoms with Crippen LogP contribution in [0.1, 0.15) is 32.4 Å². The number of hydrogen-bond acceptors (Lipinski definition) is 7. The predicted molar refractivity (Wildman–Crippen MR) is 120 cm³/mol. The second kappa shape index (κ2) is 8.30. The van der Waals surface area contributed by atoms with E-state index in [9.17, 15) is 0 Å². The first-order valence-electron chi connectivity index (χ1n) is 10.8. The fraction of sp³-hybridized carbons (Fsp3) is 0.565. The van der Waals surface area contributed by atoms with Gasteiger partial charge in [0.1, 0.15) is 5.82 Å². The van der Waals surface area contributed by atoms with Crippen LogP contribution in [0.2, 0.25) is 0 Å². The molecular formula is C23H33N5O2. The lowest BCUT2D eigenvalue weighted by molar-refractivity contribution is 0.193. The summed E-state index contributed by atoms with van der Waals surface area (Å²) in [5, 5.41) is 6.33. The maximum Gasteiger partial charge on any atom is 0.229 e. The first kappa shape index (κ1) is 20.7. The molecule has 2 unspecified atom stereocenters. The van der Waals surface area contributed by atoms with Crippen LogP contribution < -0.4 is 20.1 Å². The van der Waals surface area contributed by atoms with Crippen LogP contribution in [0.5, 0.6) is 11.5 Å². The van der Waals surface area contributed by atoms with Crippen LogP contribution in [0.15, 0.2) is 24.3 Å². The molecule has 162 valence electrons. The summed E-state index contributed by atoms with van der Waals surface area (Å²) in [5.74, 6) is 4.17.